The minimum Gasteiger partial charge on any atom is -0.491 e. The molecule has 15 heteroatoms. The van der Waals surface area contributed by atoms with Gasteiger partial charge in [0.1, 0.15) is 5.75 Å². The highest BCUT2D eigenvalue weighted by Crippen LogP contribution is 2.43. The second kappa shape index (κ2) is 19.1. The Morgan fingerprint density at radius 1 is 1.22 bits per heavy atom. The van der Waals surface area contributed by atoms with Gasteiger partial charge in [-0.25, -0.2) is 17.7 Å². The smallest absolute Gasteiger partial charge is 0.272 e. The molecule has 0 bridgehead atoms. The Balaban J connectivity index is 1.40. The Morgan fingerprint density at radius 3 is 2.67 bits per heavy atom. The molecular weight excluding hydrogens is 740 g/mol. The molecule has 11 nitrogen and oxygen atoms in total. The summed E-state index contributed by atoms with van der Waals surface area (Å²) in [6.07, 6.45) is 6.65. The second-order valence-electron chi connectivity index (χ2n) is 14.6. The standard InChI is InChI=1S/C39H54ClF2N5O6S/c1-5-8-27-19-31(40)12-14-32(27)30-22-47(34-20-28(11-15-36(34)53-23-30)37(49)38(50)44-54(51)43-3)21-29-10-13-33(29)35(9-6-7-16-45(4)26(2)48)52-18-17-46-24-39(41,42)25-46/h6,9,11-12,14-15,19-20,29-30,33,35,37,43,49H,5,7-8,10,13,16-18,21-25H2,1-4H3,(H,44,50)/b9-6+. The number of hydrogen-bond donors (Lipinski definition) is 3. The highest BCUT2D eigenvalue weighted by molar-refractivity contribution is 7.81. The van der Waals surface area contributed by atoms with Gasteiger partial charge < -0.3 is 24.4 Å². The summed E-state index contributed by atoms with van der Waals surface area (Å²) in [5, 5.41) is 11.7. The van der Waals surface area contributed by atoms with Gasteiger partial charge in [0, 0.05) is 51.1 Å². The van der Waals surface area contributed by atoms with Gasteiger partial charge in [0.25, 0.3) is 11.8 Å². The van der Waals surface area contributed by atoms with E-state index in [0.717, 1.165) is 36.9 Å². The maximum absolute atomic E-state index is 13.5. The van der Waals surface area contributed by atoms with Crippen molar-refractivity contribution in [3.8, 4) is 5.75 Å². The van der Waals surface area contributed by atoms with Crippen molar-refractivity contribution in [3.63, 3.8) is 0 Å². The number of ether oxygens (including phenoxy) is 2. The summed E-state index contributed by atoms with van der Waals surface area (Å²) < 4.78 is 56.5. The Bertz CT molecular complexity index is 1660. The van der Waals surface area contributed by atoms with Gasteiger partial charge in [-0.3, -0.25) is 19.2 Å². The first-order valence-electron chi connectivity index (χ1n) is 18.8. The van der Waals surface area contributed by atoms with Crippen LogP contribution in [0.3, 0.4) is 0 Å². The third kappa shape index (κ3) is 11.0. The summed E-state index contributed by atoms with van der Waals surface area (Å²) in [6.45, 7) is 6.14. The first-order chi connectivity index (χ1) is 25.8. The monoisotopic (exact) mass is 793 g/mol. The summed E-state index contributed by atoms with van der Waals surface area (Å²) in [7, 11) is 3.20. The van der Waals surface area contributed by atoms with E-state index >= 15 is 0 Å². The minimum absolute atomic E-state index is 0.00807. The quantitative estimate of drug-likeness (QED) is 0.180. The van der Waals surface area contributed by atoms with Gasteiger partial charge in [-0.05, 0) is 85.5 Å². The molecule has 1 saturated heterocycles. The molecule has 6 unspecified atom stereocenters. The highest BCUT2D eigenvalue weighted by Gasteiger charge is 2.44. The summed E-state index contributed by atoms with van der Waals surface area (Å²) in [5.41, 5.74) is 3.41. The van der Waals surface area contributed by atoms with Crippen molar-refractivity contribution in [1.29, 1.82) is 0 Å². The van der Waals surface area contributed by atoms with Crippen molar-refractivity contribution >= 4 is 40.3 Å². The lowest BCUT2D eigenvalue weighted by molar-refractivity contribution is -0.138. The molecule has 2 heterocycles. The van der Waals surface area contributed by atoms with Gasteiger partial charge in [0.05, 0.1) is 38.1 Å². The molecule has 5 rings (SSSR count). The van der Waals surface area contributed by atoms with Gasteiger partial charge in [0.15, 0.2) is 17.3 Å². The Morgan fingerprint density at radius 2 is 2.00 bits per heavy atom. The predicted octanol–water partition coefficient (Wildman–Crippen LogP) is 5.01. The van der Waals surface area contributed by atoms with E-state index in [2.05, 4.69) is 33.4 Å². The van der Waals surface area contributed by atoms with Crippen LogP contribution in [0.1, 0.15) is 68.2 Å². The van der Waals surface area contributed by atoms with E-state index in [1.54, 1.807) is 35.0 Å². The number of amides is 2. The fraction of sp³-hybridized carbons (Fsp3) is 0.590. The predicted molar refractivity (Wildman–Crippen MR) is 207 cm³/mol. The van der Waals surface area contributed by atoms with Crippen LogP contribution in [-0.2, 0) is 31.9 Å². The number of nitrogens with zero attached hydrogens (tertiary/aromatic N) is 3. The third-order valence-corrected chi connectivity index (χ3v) is 11.7. The van der Waals surface area contributed by atoms with Crippen LogP contribution in [0.15, 0.2) is 48.6 Å². The molecular formula is C39H54ClF2N5O6S. The molecule has 2 aliphatic heterocycles. The van der Waals surface area contributed by atoms with Crippen LogP contribution in [-0.4, -0.2) is 110 Å². The number of rotatable bonds is 18. The third-order valence-electron chi connectivity index (χ3n) is 10.7. The topological polar surface area (TPSA) is 124 Å². The number of carbonyl (C=O) groups is 2. The number of aryl methyl sites for hydroxylation is 1. The van der Waals surface area contributed by atoms with E-state index < -0.39 is 29.1 Å². The fourth-order valence-electron chi connectivity index (χ4n) is 7.45. The second-order valence-corrected chi connectivity index (χ2v) is 16.2. The van der Waals surface area contributed by atoms with Crippen molar-refractivity contribution in [1.82, 2.24) is 19.2 Å². The molecule has 1 saturated carbocycles. The van der Waals surface area contributed by atoms with Crippen LogP contribution in [0, 0.1) is 11.8 Å². The van der Waals surface area contributed by atoms with Crippen LogP contribution in [0.4, 0.5) is 14.5 Å². The van der Waals surface area contributed by atoms with Crippen LogP contribution in [0.5, 0.6) is 5.75 Å². The van der Waals surface area contributed by atoms with E-state index in [4.69, 9.17) is 21.1 Å². The number of nitrogens with one attached hydrogen (secondary N) is 2. The van der Waals surface area contributed by atoms with Crippen molar-refractivity contribution in [2.75, 3.05) is 71.5 Å². The molecule has 6 atom stereocenters. The van der Waals surface area contributed by atoms with Crippen molar-refractivity contribution in [2.24, 2.45) is 11.8 Å². The maximum atomic E-state index is 13.5. The summed E-state index contributed by atoms with van der Waals surface area (Å²) >= 11 is 4.60. The lowest BCUT2D eigenvalue weighted by Gasteiger charge is -2.44. The van der Waals surface area contributed by atoms with Crippen molar-refractivity contribution in [2.45, 2.75) is 70.0 Å². The van der Waals surface area contributed by atoms with E-state index in [9.17, 15) is 27.7 Å². The molecule has 2 amide bonds. The first-order valence-corrected chi connectivity index (χ1v) is 20.3. The summed E-state index contributed by atoms with van der Waals surface area (Å²) in [5.74, 6) is -2.47. The number of carbonyl (C=O) groups excluding carboxylic acids is 2. The number of hydrogen-bond acceptors (Lipinski definition) is 8. The van der Waals surface area contributed by atoms with Crippen LogP contribution in [0.25, 0.3) is 0 Å². The van der Waals surface area contributed by atoms with Crippen LogP contribution >= 0.6 is 11.6 Å². The lowest BCUT2D eigenvalue weighted by atomic mass is 9.70. The van der Waals surface area contributed by atoms with Crippen molar-refractivity contribution in [3.05, 3.63) is 70.3 Å². The molecule has 0 radical (unpaired) electrons. The zero-order chi connectivity index (χ0) is 39.0. The minimum atomic E-state index is -2.64. The molecule has 0 spiro atoms. The molecule has 1 aliphatic carbocycles. The van der Waals surface area contributed by atoms with Gasteiger partial charge >= 0.3 is 0 Å². The van der Waals surface area contributed by atoms with Crippen LogP contribution < -0.4 is 19.1 Å². The molecule has 3 N–H and O–H groups in total. The number of aliphatic hydroxyl groups is 1. The number of anilines is 1. The highest BCUT2D eigenvalue weighted by atomic mass is 35.5. The van der Waals surface area contributed by atoms with Gasteiger partial charge in [-0.1, -0.05) is 49.2 Å². The Hall–Kier alpha value is -3.14. The molecule has 0 aromatic heterocycles. The largest absolute Gasteiger partial charge is 0.491 e. The molecule has 298 valence electrons. The SMILES string of the molecule is CCCc1cc(Cl)ccc1C1COc2ccc(C(O)C(=O)NS(=O)NC)cc2N(CC2CCC2C(/C=C/CCN(C)C(C)=O)OCCN2CC(F)(F)C2)C1. The van der Waals surface area contributed by atoms with E-state index in [1.807, 2.05) is 18.2 Å². The average molecular weight is 794 g/mol. The molecule has 2 aromatic rings. The molecule has 3 aliphatic rings. The lowest BCUT2D eigenvalue weighted by Crippen LogP contribution is -2.57. The first kappa shape index (κ1) is 42.0. The zero-order valence-corrected chi connectivity index (χ0v) is 33.1. The number of halogens is 3. The molecule has 2 aromatic carbocycles. The maximum Gasteiger partial charge on any atom is 0.272 e. The number of likely N-dealkylation sites (tertiary alicyclic amines) is 1. The van der Waals surface area contributed by atoms with E-state index in [-0.39, 0.29) is 42.9 Å². The summed E-state index contributed by atoms with van der Waals surface area (Å²) in [6, 6.07) is 11.2. The molecule has 2 fully saturated rings. The Labute approximate surface area is 325 Å². The summed E-state index contributed by atoms with van der Waals surface area (Å²) in [4.78, 5) is 30.2. The zero-order valence-electron chi connectivity index (χ0n) is 31.6. The fourth-order valence-corrected chi connectivity index (χ4v) is 8.04. The number of aliphatic hydroxyl groups excluding tert-OH is 1. The van der Waals surface area contributed by atoms with Crippen LogP contribution in [0.2, 0.25) is 5.02 Å². The average Bonchev–Trinajstić information content (AvgIpc) is 3.29. The molecule has 54 heavy (non-hydrogen) atoms. The normalized spacial score (nSPS) is 22.6. The number of fused-ring (bicyclic) bond motifs is 1. The van der Waals surface area contributed by atoms with Gasteiger partial charge in [-0.2, -0.15) is 0 Å². The van der Waals surface area contributed by atoms with Gasteiger partial charge in [-0.15, -0.1) is 0 Å². The van der Waals surface area contributed by atoms with E-state index in [1.165, 1.54) is 19.5 Å². The Kier molecular flexibility index (Phi) is 14.9. The van der Waals surface area contributed by atoms with E-state index in [0.29, 0.717) is 62.1 Å². The number of benzene rings is 2. The van der Waals surface area contributed by atoms with Gasteiger partial charge in [0.2, 0.25) is 5.91 Å². The number of alkyl halides is 2. The van der Waals surface area contributed by atoms with Crippen molar-refractivity contribution < 1.29 is 37.2 Å².